The van der Waals surface area contributed by atoms with E-state index >= 15 is 0 Å². The van der Waals surface area contributed by atoms with E-state index in [0.29, 0.717) is 25.4 Å². The summed E-state index contributed by atoms with van der Waals surface area (Å²) in [5, 5.41) is 1.05. The van der Waals surface area contributed by atoms with Gasteiger partial charge in [-0.3, -0.25) is 4.79 Å². The number of piperidine rings is 1. The minimum absolute atomic E-state index is 0.220. The molecule has 7 heteroatoms. The Morgan fingerprint density at radius 3 is 2.67 bits per heavy atom. The number of carbonyl (C=O) groups excluding carboxylic acids is 1. The van der Waals surface area contributed by atoms with Crippen molar-refractivity contribution in [3.63, 3.8) is 0 Å². The first-order chi connectivity index (χ1) is 19.0. The lowest BCUT2D eigenvalue weighted by molar-refractivity contribution is -0.132. The number of carbonyl (C=O) groups is 1. The van der Waals surface area contributed by atoms with Crippen molar-refractivity contribution in [1.29, 1.82) is 0 Å². The van der Waals surface area contributed by atoms with Crippen LogP contribution < -0.4 is 5.73 Å². The molecule has 1 saturated heterocycles. The van der Waals surface area contributed by atoms with Crippen LogP contribution in [0.4, 0.5) is 10.2 Å². The van der Waals surface area contributed by atoms with E-state index in [9.17, 15) is 9.18 Å². The molecule has 1 unspecified atom stereocenters. The molecule has 1 amide bonds. The number of pyridine rings is 1. The molecule has 0 spiro atoms. The number of nitrogen functional groups attached to an aromatic ring is 1. The van der Waals surface area contributed by atoms with Crippen LogP contribution in [0.25, 0.3) is 22.0 Å². The normalized spacial score (nSPS) is 15.6. The molecule has 2 aromatic carbocycles. The Balaban J connectivity index is 1.19. The number of nitrogens with two attached hydrogens (primary N) is 1. The van der Waals surface area contributed by atoms with Gasteiger partial charge in [-0.1, -0.05) is 24.3 Å². The molecule has 5 rings (SSSR count). The predicted molar refractivity (Wildman–Crippen MR) is 154 cm³/mol. The zero-order valence-electron chi connectivity index (χ0n) is 22.6. The fourth-order valence-corrected chi connectivity index (χ4v) is 5.69. The van der Waals surface area contributed by atoms with E-state index in [0.717, 1.165) is 67.2 Å². The summed E-state index contributed by atoms with van der Waals surface area (Å²) < 4.78 is 21.6. The van der Waals surface area contributed by atoms with Crippen LogP contribution in [-0.4, -0.2) is 47.2 Å². The van der Waals surface area contributed by atoms with Crippen LogP contribution >= 0.6 is 0 Å². The standard InChI is InChI=1S/C32H37FN4O2/c1-39-18-4-17-37-29(19-25-12-14-28(33)20-30(25)37)27-6-3-16-36(22-27)32(38)7-2-5-23-8-10-24(11-9-23)26-13-15-31(34)35-21-26/h8-15,19-21,27H,2-7,16-18,22H2,1H3,(H2,34,35). The first kappa shape index (κ1) is 26.9. The smallest absolute Gasteiger partial charge is 0.222 e. The molecular weight excluding hydrogens is 491 g/mol. The van der Waals surface area contributed by atoms with E-state index in [1.165, 1.54) is 17.3 Å². The van der Waals surface area contributed by atoms with Gasteiger partial charge in [-0.2, -0.15) is 0 Å². The van der Waals surface area contributed by atoms with Crippen LogP contribution in [0.15, 0.2) is 66.9 Å². The maximum Gasteiger partial charge on any atom is 0.222 e. The van der Waals surface area contributed by atoms with Gasteiger partial charge in [-0.05, 0) is 79.6 Å². The van der Waals surface area contributed by atoms with Gasteiger partial charge in [0.15, 0.2) is 0 Å². The fourth-order valence-electron chi connectivity index (χ4n) is 5.69. The second-order valence-electron chi connectivity index (χ2n) is 10.5. The number of nitrogens with zero attached hydrogens (tertiary/aromatic N) is 3. The highest BCUT2D eigenvalue weighted by Crippen LogP contribution is 2.33. The highest BCUT2D eigenvalue weighted by atomic mass is 19.1. The number of benzene rings is 2. The Hall–Kier alpha value is -3.71. The molecule has 1 aliphatic rings. The zero-order valence-corrected chi connectivity index (χ0v) is 22.6. The summed E-state index contributed by atoms with van der Waals surface area (Å²) in [7, 11) is 1.70. The number of rotatable bonds is 10. The van der Waals surface area contributed by atoms with Gasteiger partial charge >= 0.3 is 0 Å². The highest BCUT2D eigenvalue weighted by molar-refractivity contribution is 5.82. The number of halogens is 1. The predicted octanol–water partition coefficient (Wildman–Crippen LogP) is 6.19. The molecule has 2 N–H and O–H groups in total. The molecule has 3 heterocycles. The number of ether oxygens (including phenoxy) is 1. The number of anilines is 1. The number of aromatic nitrogens is 2. The molecule has 1 aliphatic heterocycles. The number of methoxy groups -OCH3 is 1. The average molecular weight is 529 g/mol. The van der Waals surface area contributed by atoms with Crippen molar-refractivity contribution in [1.82, 2.24) is 14.5 Å². The van der Waals surface area contributed by atoms with Gasteiger partial charge in [0, 0.05) is 68.5 Å². The van der Waals surface area contributed by atoms with E-state index in [-0.39, 0.29) is 17.6 Å². The van der Waals surface area contributed by atoms with Crippen molar-refractivity contribution >= 4 is 22.6 Å². The van der Waals surface area contributed by atoms with Crippen LogP contribution in [0.2, 0.25) is 0 Å². The largest absolute Gasteiger partial charge is 0.385 e. The molecule has 0 radical (unpaired) electrons. The van der Waals surface area contributed by atoms with Gasteiger partial charge in [0.2, 0.25) is 5.91 Å². The molecule has 204 valence electrons. The van der Waals surface area contributed by atoms with Gasteiger partial charge in [0.25, 0.3) is 0 Å². The maximum atomic E-state index is 14.1. The van der Waals surface area contributed by atoms with Crippen molar-refractivity contribution in [2.24, 2.45) is 0 Å². The Morgan fingerprint density at radius 1 is 1.08 bits per heavy atom. The quantitative estimate of drug-likeness (QED) is 0.249. The summed E-state index contributed by atoms with van der Waals surface area (Å²) in [6.45, 7) is 2.95. The second-order valence-corrected chi connectivity index (χ2v) is 10.5. The van der Waals surface area contributed by atoms with Crippen LogP contribution in [-0.2, 0) is 22.5 Å². The summed E-state index contributed by atoms with van der Waals surface area (Å²) >= 11 is 0. The van der Waals surface area contributed by atoms with Gasteiger partial charge < -0.3 is 19.9 Å². The SMILES string of the molecule is COCCCn1c(C2CCCN(C(=O)CCCc3ccc(-c4ccc(N)nc4)cc3)C2)cc2ccc(F)cc21. The van der Waals surface area contributed by atoms with Gasteiger partial charge in [-0.15, -0.1) is 0 Å². The summed E-state index contributed by atoms with van der Waals surface area (Å²) in [5.41, 5.74) is 11.2. The van der Waals surface area contributed by atoms with Crippen LogP contribution in [0.3, 0.4) is 0 Å². The topological polar surface area (TPSA) is 73.4 Å². The molecular formula is C32H37FN4O2. The Morgan fingerprint density at radius 2 is 1.90 bits per heavy atom. The van der Waals surface area contributed by atoms with Crippen LogP contribution in [0, 0.1) is 5.82 Å². The number of amides is 1. The summed E-state index contributed by atoms with van der Waals surface area (Å²) in [5.74, 6) is 0.755. The average Bonchev–Trinajstić information content (AvgIpc) is 3.31. The molecule has 4 aromatic rings. The first-order valence-electron chi connectivity index (χ1n) is 13.9. The number of aryl methyl sites for hydroxylation is 2. The first-order valence-corrected chi connectivity index (χ1v) is 13.9. The van der Waals surface area contributed by atoms with Crippen molar-refractivity contribution < 1.29 is 13.9 Å². The third-order valence-corrected chi connectivity index (χ3v) is 7.75. The third kappa shape index (κ3) is 6.48. The van der Waals surface area contributed by atoms with E-state index in [2.05, 4.69) is 39.9 Å². The van der Waals surface area contributed by atoms with Crippen molar-refractivity contribution in [3.8, 4) is 11.1 Å². The zero-order chi connectivity index (χ0) is 27.2. The minimum Gasteiger partial charge on any atom is -0.385 e. The molecule has 1 fully saturated rings. The minimum atomic E-state index is -0.225. The number of hydrogen-bond donors (Lipinski definition) is 1. The van der Waals surface area contributed by atoms with Gasteiger partial charge in [0.05, 0.1) is 5.52 Å². The Labute approximate surface area is 229 Å². The van der Waals surface area contributed by atoms with E-state index in [4.69, 9.17) is 10.5 Å². The Bertz CT molecular complexity index is 1400. The summed E-state index contributed by atoms with van der Waals surface area (Å²) in [6.07, 6.45) is 6.87. The molecule has 0 aliphatic carbocycles. The lowest BCUT2D eigenvalue weighted by Crippen LogP contribution is -2.39. The maximum absolute atomic E-state index is 14.1. The van der Waals surface area contributed by atoms with E-state index in [1.807, 2.05) is 17.0 Å². The van der Waals surface area contributed by atoms with Gasteiger partial charge in [0.1, 0.15) is 11.6 Å². The third-order valence-electron chi connectivity index (χ3n) is 7.75. The van der Waals surface area contributed by atoms with E-state index in [1.54, 1.807) is 25.4 Å². The lowest BCUT2D eigenvalue weighted by Gasteiger charge is -2.33. The monoisotopic (exact) mass is 528 g/mol. The second kappa shape index (κ2) is 12.4. The molecule has 6 nitrogen and oxygen atoms in total. The number of hydrogen-bond acceptors (Lipinski definition) is 4. The van der Waals surface area contributed by atoms with Crippen molar-refractivity contribution in [2.75, 3.05) is 32.5 Å². The fraction of sp³-hybridized carbons (Fsp3) is 0.375. The summed E-state index contributed by atoms with van der Waals surface area (Å²) in [6, 6.07) is 19.4. The van der Waals surface area contributed by atoms with Crippen LogP contribution in [0.1, 0.15) is 49.3 Å². The number of fused-ring (bicyclic) bond motifs is 1. The molecule has 2 aromatic heterocycles. The van der Waals surface area contributed by atoms with E-state index < -0.39 is 0 Å². The molecule has 0 saturated carbocycles. The molecule has 1 atom stereocenters. The molecule has 0 bridgehead atoms. The van der Waals surface area contributed by atoms with Gasteiger partial charge in [-0.25, -0.2) is 9.37 Å². The molecule has 39 heavy (non-hydrogen) atoms. The van der Waals surface area contributed by atoms with Crippen molar-refractivity contribution in [2.45, 2.75) is 51.0 Å². The lowest BCUT2D eigenvalue weighted by atomic mass is 9.94. The van der Waals surface area contributed by atoms with Crippen molar-refractivity contribution in [3.05, 3.63) is 83.9 Å². The van der Waals surface area contributed by atoms with Crippen LogP contribution in [0.5, 0.6) is 0 Å². The summed E-state index contributed by atoms with van der Waals surface area (Å²) in [4.78, 5) is 19.4. The highest BCUT2D eigenvalue weighted by Gasteiger charge is 2.27. The number of likely N-dealkylation sites (tertiary alicyclic amines) is 1. The Kier molecular flexibility index (Phi) is 8.57.